The van der Waals surface area contributed by atoms with Gasteiger partial charge in [-0.15, -0.1) is 0 Å². The zero-order valence-electron chi connectivity index (χ0n) is 10.7. The van der Waals surface area contributed by atoms with Crippen LogP contribution in [0.3, 0.4) is 0 Å². The highest BCUT2D eigenvalue weighted by Crippen LogP contribution is 2.19. The van der Waals surface area contributed by atoms with E-state index in [1.165, 1.54) is 51.3 Å². The molecule has 16 heavy (non-hydrogen) atoms. The molecule has 2 aliphatic rings. The molecular formula is C14H24N2. The lowest BCUT2D eigenvalue weighted by Crippen LogP contribution is -2.47. The van der Waals surface area contributed by atoms with Crippen molar-refractivity contribution in [3.05, 3.63) is 23.8 Å². The number of allylic oxidation sites excluding steroid dienone is 3. The molecule has 1 aliphatic heterocycles. The molecule has 0 amide bonds. The molecule has 1 aliphatic carbocycles. The minimum absolute atomic E-state index is 0.748. The molecule has 90 valence electrons. The van der Waals surface area contributed by atoms with Crippen molar-refractivity contribution in [3.8, 4) is 0 Å². The second-order valence-electron chi connectivity index (χ2n) is 5.10. The first-order chi connectivity index (χ1) is 7.78. The van der Waals surface area contributed by atoms with E-state index in [4.69, 9.17) is 0 Å². The SMILES string of the molecule is CCN1CCN(CC2C=CC=C(C)C2)CC1. The van der Waals surface area contributed by atoms with Gasteiger partial charge in [0.2, 0.25) is 0 Å². The van der Waals surface area contributed by atoms with E-state index < -0.39 is 0 Å². The van der Waals surface area contributed by atoms with Crippen LogP contribution in [0, 0.1) is 5.92 Å². The fourth-order valence-corrected chi connectivity index (χ4v) is 2.67. The second kappa shape index (κ2) is 5.65. The Balaban J connectivity index is 1.75. The van der Waals surface area contributed by atoms with Crippen molar-refractivity contribution >= 4 is 0 Å². The first-order valence-corrected chi connectivity index (χ1v) is 6.56. The van der Waals surface area contributed by atoms with Crippen molar-refractivity contribution in [2.24, 2.45) is 5.92 Å². The van der Waals surface area contributed by atoms with Crippen LogP contribution in [-0.4, -0.2) is 49.1 Å². The summed E-state index contributed by atoms with van der Waals surface area (Å²) in [5.41, 5.74) is 1.53. The summed E-state index contributed by atoms with van der Waals surface area (Å²) in [4.78, 5) is 5.16. The Kier molecular flexibility index (Phi) is 4.19. The minimum atomic E-state index is 0.748. The monoisotopic (exact) mass is 220 g/mol. The molecule has 1 saturated heterocycles. The lowest BCUT2D eigenvalue weighted by Gasteiger charge is -2.35. The van der Waals surface area contributed by atoms with Gasteiger partial charge in [-0.05, 0) is 25.8 Å². The standard InChI is InChI=1S/C14H24N2/c1-3-15-7-9-16(10-8-15)12-14-6-4-5-13(2)11-14/h4-6,14H,3,7-12H2,1-2H3. The van der Waals surface area contributed by atoms with Gasteiger partial charge in [-0.3, -0.25) is 0 Å². The highest BCUT2D eigenvalue weighted by molar-refractivity contribution is 5.18. The van der Waals surface area contributed by atoms with E-state index in [2.05, 4.69) is 41.9 Å². The summed E-state index contributed by atoms with van der Waals surface area (Å²) in [5, 5.41) is 0. The number of nitrogens with zero attached hydrogens (tertiary/aromatic N) is 2. The molecule has 0 bridgehead atoms. The van der Waals surface area contributed by atoms with Crippen LogP contribution in [-0.2, 0) is 0 Å². The predicted molar refractivity (Wildman–Crippen MR) is 69.6 cm³/mol. The third-order valence-corrected chi connectivity index (χ3v) is 3.75. The Morgan fingerprint density at radius 2 is 1.88 bits per heavy atom. The Bertz CT molecular complexity index is 272. The Morgan fingerprint density at radius 3 is 2.50 bits per heavy atom. The summed E-state index contributed by atoms with van der Waals surface area (Å²) in [5.74, 6) is 0.748. The molecule has 0 radical (unpaired) electrons. The Morgan fingerprint density at radius 1 is 1.19 bits per heavy atom. The lowest BCUT2D eigenvalue weighted by atomic mass is 9.94. The number of rotatable bonds is 3. The van der Waals surface area contributed by atoms with Crippen molar-refractivity contribution in [2.45, 2.75) is 20.3 Å². The van der Waals surface area contributed by atoms with Gasteiger partial charge >= 0.3 is 0 Å². The minimum Gasteiger partial charge on any atom is -0.301 e. The fraction of sp³-hybridized carbons (Fsp3) is 0.714. The summed E-state index contributed by atoms with van der Waals surface area (Å²) >= 11 is 0. The van der Waals surface area contributed by atoms with Crippen molar-refractivity contribution in [1.29, 1.82) is 0 Å². The van der Waals surface area contributed by atoms with Gasteiger partial charge in [0.05, 0.1) is 0 Å². The third kappa shape index (κ3) is 3.19. The van der Waals surface area contributed by atoms with Gasteiger partial charge in [0.1, 0.15) is 0 Å². The number of hydrogen-bond acceptors (Lipinski definition) is 2. The van der Waals surface area contributed by atoms with Crippen molar-refractivity contribution < 1.29 is 0 Å². The van der Waals surface area contributed by atoms with Crippen LogP contribution in [0.4, 0.5) is 0 Å². The van der Waals surface area contributed by atoms with Gasteiger partial charge in [-0.2, -0.15) is 0 Å². The molecule has 0 aromatic rings. The van der Waals surface area contributed by atoms with Crippen LogP contribution in [0.2, 0.25) is 0 Å². The normalized spacial score (nSPS) is 28.1. The zero-order chi connectivity index (χ0) is 11.4. The molecule has 1 atom stereocenters. The van der Waals surface area contributed by atoms with Crippen LogP contribution in [0.15, 0.2) is 23.8 Å². The van der Waals surface area contributed by atoms with Crippen molar-refractivity contribution in [3.63, 3.8) is 0 Å². The molecule has 1 heterocycles. The molecule has 0 spiro atoms. The van der Waals surface area contributed by atoms with Crippen LogP contribution < -0.4 is 0 Å². The van der Waals surface area contributed by atoms with E-state index in [0.29, 0.717) is 0 Å². The first kappa shape index (κ1) is 11.9. The maximum atomic E-state index is 2.62. The molecule has 0 saturated carbocycles. The second-order valence-corrected chi connectivity index (χ2v) is 5.10. The largest absolute Gasteiger partial charge is 0.301 e. The molecule has 2 rings (SSSR count). The Labute approximate surface area is 99.6 Å². The highest BCUT2D eigenvalue weighted by Gasteiger charge is 2.18. The summed E-state index contributed by atoms with van der Waals surface area (Å²) in [6.45, 7) is 12.0. The highest BCUT2D eigenvalue weighted by atomic mass is 15.3. The topological polar surface area (TPSA) is 6.48 Å². The number of hydrogen-bond donors (Lipinski definition) is 0. The van der Waals surface area contributed by atoms with Crippen LogP contribution in [0.1, 0.15) is 20.3 Å². The zero-order valence-corrected chi connectivity index (χ0v) is 10.7. The van der Waals surface area contributed by atoms with E-state index in [1.807, 2.05) is 0 Å². The van der Waals surface area contributed by atoms with E-state index in [-0.39, 0.29) is 0 Å². The van der Waals surface area contributed by atoms with Crippen LogP contribution in [0.25, 0.3) is 0 Å². The van der Waals surface area contributed by atoms with E-state index in [1.54, 1.807) is 0 Å². The molecule has 0 aromatic carbocycles. The fourth-order valence-electron chi connectivity index (χ4n) is 2.67. The summed E-state index contributed by atoms with van der Waals surface area (Å²) < 4.78 is 0. The maximum Gasteiger partial charge on any atom is 0.0110 e. The van der Waals surface area contributed by atoms with E-state index in [9.17, 15) is 0 Å². The average Bonchev–Trinajstić information content (AvgIpc) is 2.30. The van der Waals surface area contributed by atoms with Gasteiger partial charge < -0.3 is 9.80 Å². The number of likely N-dealkylation sites (N-methyl/N-ethyl adjacent to an activating group) is 1. The molecule has 1 fully saturated rings. The van der Waals surface area contributed by atoms with E-state index >= 15 is 0 Å². The van der Waals surface area contributed by atoms with Gasteiger partial charge in [0.25, 0.3) is 0 Å². The van der Waals surface area contributed by atoms with Crippen LogP contribution in [0.5, 0.6) is 0 Å². The molecule has 0 aromatic heterocycles. The quantitative estimate of drug-likeness (QED) is 0.719. The van der Waals surface area contributed by atoms with Gasteiger partial charge in [-0.1, -0.05) is 30.7 Å². The smallest absolute Gasteiger partial charge is 0.0110 e. The van der Waals surface area contributed by atoms with Crippen LogP contribution >= 0.6 is 0 Å². The molecule has 0 N–H and O–H groups in total. The van der Waals surface area contributed by atoms with Gasteiger partial charge in [0.15, 0.2) is 0 Å². The maximum absolute atomic E-state index is 2.62. The first-order valence-electron chi connectivity index (χ1n) is 6.56. The molecular weight excluding hydrogens is 196 g/mol. The van der Waals surface area contributed by atoms with Gasteiger partial charge in [-0.25, -0.2) is 0 Å². The molecule has 1 unspecified atom stereocenters. The van der Waals surface area contributed by atoms with E-state index in [0.717, 1.165) is 5.92 Å². The number of piperazine rings is 1. The molecule has 2 heteroatoms. The van der Waals surface area contributed by atoms with Gasteiger partial charge in [0, 0.05) is 32.7 Å². The molecule has 2 nitrogen and oxygen atoms in total. The average molecular weight is 220 g/mol. The van der Waals surface area contributed by atoms with Crippen molar-refractivity contribution in [1.82, 2.24) is 9.80 Å². The predicted octanol–water partition coefficient (Wildman–Crippen LogP) is 2.15. The lowest BCUT2D eigenvalue weighted by molar-refractivity contribution is 0.128. The van der Waals surface area contributed by atoms with Crippen molar-refractivity contribution in [2.75, 3.05) is 39.3 Å². The Hall–Kier alpha value is -0.600. The third-order valence-electron chi connectivity index (χ3n) is 3.75. The summed E-state index contributed by atoms with van der Waals surface area (Å²) in [6, 6.07) is 0. The summed E-state index contributed by atoms with van der Waals surface area (Å²) in [6.07, 6.45) is 8.10. The summed E-state index contributed by atoms with van der Waals surface area (Å²) in [7, 11) is 0.